The van der Waals surface area contributed by atoms with E-state index in [-0.39, 0.29) is 5.41 Å². The molecular weight excluding hydrogens is 532 g/mol. The first-order chi connectivity index (χ1) is 21.7. The van der Waals surface area contributed by atoms with Crippen LogP contribution in [0.3, 0.4) is 0 Å². The zero-order valence-corrected chi connectivity index (χ0v) is 24.5. The van der Waals surface area contributed by atoms with Gasteiger partial charge in [0.2, 0.25) is 0 Å². The van der Waals surface area contributed by atoms with Gasteiger partial charge < -0.3 is 0 Å². The highest BCUT2D eigenvalue weighted by Gasteiger charge is 2.51. The number of aliphatic imine (C=N–C) groups is 2. The van der Waals surface area contributed by atoms with Crippen molar-refractivity contribution in [3.8, 4) is 22.3 Å². The molecule has 6 aromatic rings. The molecule has 2 nitrogen and oxygen atoms in total. The molecule has 0 N–H and O–H groups in total. The molecule has 0 saturated carbocycles. The molecule has 2 heteroatoms. The van der Waals surface area contributed by atoms with E-state index in [1.54, 1.807) is 0 Å². The van der Waals surface area contributed by atoms with Crippen LogP contribution in [0.4, 0.5) is 0 Å². The Hall–Kier alpha value is -5.60. The quantitative estimate of drug-likeness (QED) is 0.151. The van der Waals surface area contributed by atoms with Crippen molar-refractivity contribution in [2.75, 3.05) is 0 Å². The van der Waals surface area contributed by atoms with E-state index < -0.39 is 0 Å². The lowest BCUT2D eigenvalue weighted by Gasteiger charge is -2.30. The van der Waals surface area contributed by atoms with E-state index in [0.29, 0.717) is 11.5 Å². The maximum Gasteiger partial charge on any atom is 0.160 e. The van der Waals surface area contributed by atoms with E-state index in [4.69, 9.17) is 9.98 Å². The number of fused-ring (bicyclic) bond motifs is 10. The smallest absolute Gasteiger partial charge is 0.160 e. The normalized spacial score (nSPS) is 14.1. The highest BCUT2D eigenvalue weighted by molar-refractivity contribution is 6.13. The lowest BCUT2D eigenvalue weighted by molar-refractivity contribution is 0.793. The number of hydrogen-bond donors (Lipinski definition) is 0. The Balaban J connectivity index is 1.32. The molecule has 0 fully saturated rings. The van der Waals surface area contributed by atoms with E-state index in [2.05, 4.69) is 117 Å². The second-order valence-corrected chi connectivity index (χ2v) is 11.5. The molecule has 0 unspecified atom stereocenters. The largest absolute Gasteiger partial charge is 0.233 e. The van der Waals surface area contributed by atoms with E-state index in [1.807, 2.05) is 48.5 Å². The van der Waals surface area contributed by atoms with Crippen LogP contribution in [0.1, 0.15) is 45.9 Å². The third-order valence-corrected chi connectivity index (χ3v) is 9.07. The third kappa shape index (κ3) is 3.88. The molecule has 0 aromatic heterocycles. The highest BCUT2D eigenvalue weighted by Crippen LogP contribution is 2.62. The van der Waals surface area contributed by atoms with E-state index in [1.165, 1.54) is 44.5 Å². The molecule has 44 heavy (non-hydrogen) atoms. The topological polar surface area (TPSA) is 24.7 Å². The molecule has 2 aliphatic rings. The number of nitrogens with zero attached hydrogens (tertiary/aromatic N) is 2. The molecular formula is C42H30N2. The fourth-order valence-electron chi connectivity index (χ4n) is 7.11. The summed E-state index contributed by atoms with van der Waals surface area (Å²) in [5.41, 5.74) is 14.7. The van der Waals surface area contributed by atoms with Crippen LogP contribution < -0.4 is 0 Å². The van der Waals surface area contributed by atoms with Gasteiger partial charge in [-0.05, 0) is 68.6 Å². The first-order valence-corrected chi connectivity index (χ1v) is 15.0. The number of amidine groups is 1. The number of benzene rings is 6. The summed E-state index contributed by atoms with van der Waals surface area (Å²) in [5.74, 6) is 0.645. The molecule has 0 bridgehead atoms. The molecule has 1 spiro atoms. The van der Waals surface area contributed by atoms with Crippen LogP contribution in [0.5, 0.6) is 0 Å². The van der Waals surface area contributed by atoms with Crippen LogP contribution in [0.25, 0.3) is 28.0 Å². The third-order valence-electron chi connectivity index (χ3n) is 9.07. The van der Waals surface area contributed by atoms with Gasteiger partial charge >= 0.3 is 0 Å². The fourth-order valence-corrected chi connectivity index (χ4v) is 7.11. The zero-order chi connectivity index (χ0) is 29.7. The van der Waals surface area contributed by atoms with Crippen molar-refractivity contribution >= 4 is 17.2 Å². The summed E-state index contributed by atoms with van der Waals surface area (Å²) in [7, 11) is 0. The maximum absolute atomic E-state index is 5.17. The van der Waals surface area contributed by atoms with Gasteiger partial charge in [-0.15, -0.1) is 0 Å². The van der Waals surface area contributed by atoms with Crippen molar-refractivity contribution < 1.29 is 0 Å². The molecule has 6 aromatic carbocycles. The molecule has 0 aliphatic heterocycles. The molecule has 0 amide bonds. The standard InChI is InChI=1S/C42H30N2/c1-28(30-15-5-3-6-16-30)43-41(31-17-7-4-8-18-31)44-29(2)32-25-26-36-35-21-11-14-24-39(35)42(40(36)27-32)37-22-12-9-19-33(37)34-20-10-13-23-38(34)42/h3-27H,1H2,2H3/b43-41-,44-29+. The van der Waals surface area contributed by atoms with Crippen LogP contribution >= 0.6 is 0 Å². The summed E-state index contributed by atoms with van der Waals surface area (Å²) in [6, 6.07) is 53.8. The van der Waals surface area contributed by atoms with E-state index in [9.17, 15) is 0 Å². The van der Waals surface area contributed by atoms with Gasteiger partial charge in [-0.2, -0.15) is 0 Å². The predicted molar refractivity (Wildman–Crippen MR) is 183 cm³/mol. The Kier molecular flexibility index (Phi) is 6.09. The first-order valence-electron chi connectivity index (χ1n) is 15.0. The van der Waals surface area contributed by atoms with Gasteiger partial charge in [0.1, 0.15) is 0 Å². The Morgan fingerprint density at radius 2 is 0.909 bits per heavy atom. The van der Waals surface area contributed by atoms with Crippen LogP contribution in [-0.4, -0.2) is 11.5 Å². The van der Waals surface area contributed by atoms with Crippen molar-refractivity contribution in [2.45, 2.75) is 12.3 Å². The minimum atomic E-state index is -0.382. The second kappa shape index (κ2) is 10.3. The van der Waals surface area contributed by atoms with Crippen LogP contribution in [0.15, 0.2) is 168 Å². The zero-order valence-electron chi connectivity index (χ0n) is 24.5. The molecule has 0 radical (unpaired) electrons. The summed E-state index contributed by atoms with van der Waals surface area (Å²) in [4.78, 5) is 10.1. The van der Waals surface area contributed by atoms with Crippen LogP contribution in [-0.2, 0) is 5.41 Å². The van der Waals surface area contributed by atoms with Gasteiger partial charge in [0.25, 0.3) is 0 Å². The monoisotopic (exact) mass is 562 g/mol. The van der Waals surface area contributed by atoms with E-state index >= 15 is 0 Å². The van der Waals surface area contributed by atoms with Crippen molar-refractivity contribution in [3.05, 3.63) is 197 Å². The summed E-state index contributed by atoms with van der Waals surface area (Å²) < 4.78 is 0. The fraction of sp³-hybridized carbons (Fsp3) is 0.0476. The molecule has 0 heterocycles. The van der Waals surface area contributed by atoms with Crippen LogP contribution in [0.2, 0.25) is 0 Å². The Labute approximate surface area is 258 Å². The van der Waals surface area contributed by atoms with Gasteiger partial charge in [0.15, 0.2) is 5.84 Å². The van der Waals surface area contributed by atoms with Gasteiger partial charge in [-0.1, -0.05) is 152 Å². The first kappa shape index (κ1) is 26.1. The van der Waals surface area contributed by atoms with Crippen molar-refractivity contribution in [2.24, 2.45) is 9.98 Å². The molecule has 0 atom stereocenters. The van der Waals surface area contributed by atoms with Crippen LogP contribution in [0, 0.1) is 0 Å². The second-order valence-electron chi connectivity index (χ2n) is 11.5. The summed E-state index contributed by atoms with van der Waals surface area (Å²) in [6.45, 7) is 6.35. The van der Waals surface area contributed by atoms with Gasteiger partial charge in [-0.3, -0.25) is 0 Å². The van der Waals surface area contributed by atoms with E-state index in [0.717, 1.165) is 22.4 Å². The Morgan fingerprint density at radius 1 is 0.455 bits per heavy atom. The molecule has 208 valence electrons. The number of hydrogen-bond acceptors (Lipinski definition) is 1. The lowest BCUT2D eigenvalue weighted by Crippen LogP contribution is -2.26. The lowest BCUT2D eigenvalue weighted by atomic mass is 9.70. The summed E-state index contributed by atoms with van der Waals surface area (Å²) >= 11 is 0. The maximum atomic E-state index is 5.17. The minimum Gasteiger partial charge on any atom is -0.233 e. The van der Waals surface area contributed by atoms with Crippen molar-refractivity contribution in [1.82, 2.24) is 0 Å². The van der Waals surface area contributed by atoms with Gasteiger partial charge in [0.05, 0.1) is 11.1 Å². The van der Waals surface area contributed by atoms with Gasteiger partial charge in [-0.25, -0.2) is 9.98 Å². The summed E-state index contributed by atoms with van der Waals surface area (Å²) in [6.07, 6.45) is 0. The summed E-state index contributed by atoms with van der Waals surface area (Å²) in [5, 5.41) is 0. The molecule has 2 aliphatic carbocycles. The van der Waals surface area contributed by atoms with Crippen molar-refractivity contribution in [1.29, 1.82) is 0 Å². The number of rotatable bonds is 4. The minimum absolute atomic E-state index is 0.382. The van der Waals surface area contributed by atoms with Gasteiger partial charge in [0, 0.05) is 11.3 Å². The Morgan fingerprint density at radius 3 is 1.45 bits per heavy atom. The average Bonchev–Trinajstić information content (AvgIpc) is 3.56. The predicted octanol–water partition coefficient (Wildman–Crippen LogP) is 9.96. The highest BCUT2D eigenvalue weighted by atomic mass is 14.9. The van der Waals surface area contributed by atoms with Crippen molar-refractivity contribution in [3.63, 3.8) is 0 Å². The average molecular weight is 563 g/mol. The molecule has 8 rings (SSSR count). The Bertz CT molecular complexity index is 2070. The molecule has 0 saturated heterocycles. The SMILES string of the molecule is C=C(/N=C(\N=C(/C)c1ccc2c(c1)C1(c3ccccc3-c3ccccc31)c1ccccc1-2)c1ccccc1)c1ccccc1.